The fraction of sp³-hybridized carbons (Fsp3) is 0.333. The molecule has 2 amide bonds. The van der Waals surface area contributed by atoms with Gasteiger partial charge in [-0.2, -0.15) is 0 Å². The van der Waals surface area contributed by atoms with Crippen LogP contribution in [0, 0.1) is 0 Å². The van der Waals surface area contributed by atoms with E-state index in [0.29, 0.717) is 39.2 Å². The van der Waals surface area contributed by atoms with Crippen LogP contribution in [0.25, 0.3) is 0 Å². The fourth-order valence-corrected chi connectivity index (χ4v) is 3.69. The van der Waals surface area contributed by atoms with Gasteiger partial charge < -0.3 is 10.2 Å². The van der Waals surface area contributed by atoms with Crippen molar-refractivity contribution in [2.45, 2.75) is 39.3 Å². The molecule has 0 spiro atoms. The van der Waals surface area contributed by atoms with Crippen molar-refractivity contribution in [3.05, 3.63) is 68.7 Å². The highest BCUT2D eigenvalue weighted by Gasteiger charge is 2.29. The number of carbonyl (C=O) groups is 2. The van der Waals surface area contributed by atoms with Crippen LogP contribution >= 0.6 is 34.8 Å². The van der Waals surface area contributed by atoms with Gasteiger partial charge in [0.25, 0.3) is 0 Å². The van der Waals surface area contributed by atoms with Gasteiger partial charge in [0.05, 0.1) is 6.42 Å². The van der Waals surface area contributed by atoms with Crippen molar-refractivity contribution in [1.82, 2.24) is 10.2 Å². The van der Waals surface area contributed by atoms with Crippen molar-refractivity contribution in [2.75, 3.05) is 6.54 Å². The Hall–Kier alpha value is -1.75. The van der Waals surface area contributed by atoms with Gasteiger partial charge in [0, 0.05) is 33.7 Å². The third kappa shape index (κ3) is 5.63. The van der Waals surface area contributed by atoms with Gasteiger partial charge in [-0.25, -0.2) is 0 Å². The Morgan fingerprint density at radius 1 is 0.964 bits per heavy atom. The maximum Gasteiger partial charge on any atom is 0.242 e. The van der Waals surface area contributed by atoms with Gasteiger partial charge in [-0.05, 0) is 37.1 Å². The highest BCUT2D eigenvalue weighted by molar-refractivity contribution is 6.36. The second-order valence-electron chi connectivity index (χ2n) is 6.31. The predicted octanol–water partition coefficient (Wildman–Crippen LogP) is 5.13. The predicted molar refractivity (Wildman–Crippen MR) is 115 cm³/mol. The highest BCUT2D eigenvalue weighted by atomic mass is 35.5. The first kappa shape index (κ1) is 22.5. The molecule has 0 saturated carbocycles. The average Bonchev–Trinajstić information content (AvgIpc) is 2.66. The highest BCUT2D eigenvalue weighted by Crippen LogP contribution is 2.27. The van der Waals surface area contributed by atoms with Crippen molar-refractivity contribution >= 4 is 46.6 Å². The zero-order chi connectivity index (χ0) is 20.7. The van der Waals surface area contributed by atoms with E-state index in [2.05, 4.69) is 5.32 Å². The summed E-state index contributed by atoms with van der Waals surface area (Å²) in [4.78, 5) is 27.3. The number of hydrogen-bond acceptors (Lipinski definition) is 2. The molecule has 0 radical (unpaired) electrons. The largest absolute Gasteiger partial charge is 0.355 e. The van der Waals surface area contributed by atoms with Crippen LogP contribution in [0.5, 0.6) is 0 Å². The van der Waals surface area contributed by atoms with Crippen LogP contribution in [0.15, 0.2) is 42.5 Å². The summed E-state index contributed by atoms with van der Waals surface area (Å²) in [7, 11) is 0. The van der Waals surface area contributed by atoms with Crippen LogP contribution in [0.1, 0.15) is 31.4 Å². The summed E-state index contributed by atoms with van der Waals surface area (Å²) in [5, 5.41) is 4.21. The smallest absolute Gasteiger partial charge is 0.242 e. The molecule has 0 aliphatic rings. The Kier molecular flexibility index (Phi) is 8.61. The molecule has 2 rings (SSSR count). The Morgan fingerprint density at radius 3 is 2.14 bits per heavy atom. The minimum Gasteiger partial charge on any atom is -0.355 e. The molecule has 2 aromatic carbocycles. The average molecular weight is 442 g/mol. The summed E-state index contributed by atoms with van der Waals surface area (Å²) in [6, 6.07) is 11.7. The standard InChI is InChI=1S/C21H23Cl3N2O2/c1-3-19(21(28)25-4-2)26(13-15-17(23)10-7-11-18(15)24)20(27)12-14-8-5-6-9-16(14)22/h5-11,19H,3-4,12-13H2,1-2H3,(H,25,28)/t19-/m1/s1. The van der Waals surface area contributed by atoms with Crippen molar-refractivity contribution in [3.63, 3.8) is 0 Å². The molecule has 0 aliphatic heterocycles. The molecule has 4 nitrogen and oxygen atoms in total. The molecule has 1 N–H and O–H groups in total. The van der Waals surface area contributed by atoms with Crippen LogP contribution in [-0.4, -0.2) is 29.3 Å². The number of carbonyl (C=O) groups excluding carboxylic acids is 2. The van der Waals surface area contributed by atoms with Gasteiger partial charge in [-0.3, -0.25) is 9.59 Å². The van der Waals surface area contributed by atoms with Crippen molar-refractivity contribution in [1.29, 1.82) is 0 Å². The number of halogens is 3. The van der Waals surface area contributed by atoms with Crippen LogP contribution in [-0.2, 0) is 22.6 Å². The van der Waals surface area contributed by atoms with E-state index in [-0.39, 0.29) is 24.8 Å². The van der Waals surface area contributed by atoms with Crippen LogP contribution in [0.2, 0.25) is 15.1 Å². The summed E-state index contributed by atoms with van der Waals surface area (Å²) in [5.41, 5.74) is 1.32. The van der Waals surface area contributed by atoms with Crippen molar-refractivity contribution in [2.24, 2.45) is 0 Å². The number of nitrogens with one attached hydrogen (secondary N) is 1. The molecule has 150 valence electrons. The van der Waals surface area contributed by atoms with Crippen LogP contribution in [0.3, 0.4) is 0 Å². The third-order valence-corrected chi connectivity index (χ3v) is 5.50. The van der Waals surface area contributed by atoms with E-state index in [4.69, 9.17) is 34.8 Å². The van der Waals surface area contributed by atoms with Gasteiger partial charge in [0.2, 0.25) is 11.8 Å². The molecule has 0 aromatic heterocycles. The van der Waals surface area contributed by atoms with E-state index >= 15 is 0 Å². The minimum absolute atomic E-state index is 0.0810. The number of nitrogens with zero attached hydrogens (tertiary/aromatic N) is 1. The maximum atomic E-state index is 13.2. The SMILES string of the molecule is CCNC(=O)[C@@H](CC)N(Cc1c(Cl)cccc1Cl)C(=O)Cc1ccccc1Cl. The Labute approximate surface area is 180 Å². The summed E-state index contributed by atoms with van der Waals surface area (Å²) in [6.07, 6.45) is 0.541. The summed E-state index contributed by atoms with van der Waals surface area (Å²) >= 11 is 18.8. The second-order valence-corrected chi connectivity index (χ2v) is 7.53. The number of hydrogen-bond donors (Lipinski definition) is 1. The van der Waals surface area contributed by atoms with Gasteiger partial charge in [-0.15, -0.1) is 0 Å². The lowest BCUT2D eigenvalue weighted by Crippen LogP contribution is -2.49. The molecule has 0 bridgehead atoms. The van der Waals surface area contributed by atoms with E-state index in [9.17, 15) is 9.59 Å². The molecule has 7 heteroatoms. The first-order valence-corrected chi connectivity index (χ1v) is 10.3. The molecule has 0 aliphatic carbocycles. The molecular weight excluding hydrogens is 419 g/mol. The van der Waals surface area contributed by atoms with Gasteiger partial charge in [-0.1, -0.05) is 66.0 Å². The fourth-order valence-electron chi connectivity index (χ4n) is 2.97. The minimum atomic E-state index is -0.637. The first-order valence-electron chi connectivity index (χ1n) is 9.12. The van der Waals surface area contributed by atoms with Gasteiger partial charge >= 0.3 is 0 Å². The molecule has 1 atom stereocenters. The third-order valence-electron chi connectivity index (χ3n) is 4.43. The van der Waals surface area contributed by atoms with Gasteiger partial charge in [0.1, 0.15) is 6.04 Å². The Balaban J connectivity index is 2.38. The molecular formula is C21H23Cl3N2O2. The second kappa shape index (κ2) is 10.7. The Bertz CT molecular complexity index is 822. The molecule has 28 heavy (non-hydrogen) atoms. The lowest BCUT2D eigenvalue weighted by Gasteiger charge is -2.31. The van der Waals surface area contributed by atoms with E-state index < -0.39 is 6.04 Å². The maximum absolute atomic E-state index is 13.2. The molecule has 0 saturated heterocycles. The normalized spacial score (nSPS) is 11.8. The molecule has 0 heterocycles. The molecule has 0 fully saturated rings. The van der Waals surface area contributed by atoms with Crippen LogP contribution in [0.4, 0.5) is 0 Å². The molecule has 0 unspecified atom stereocenters. The zero-order valence-corrected chi connectivity index (χ0v) is 18.1. The summed E-state index contributed by atoms with van der Waals surface area (Å²) < 4.78 is 0. The number of likely N-dealkylation sites (N-methyl/N-ethyl adjacent to an activating group) is 1. The topological polar surface area (TPSA) is 49.4 Å². The number of benzene rings is 2. The monoisotopic (exact) mass is 440 g/mol. The quantitative estimate of drug-likeness (QED) is 0.617. The summed E-state index contributed by atoms with van der Waals surface area (Å²) in [5.74, 6) is -0.428. The van der Waals surface area contributed by atoms with E-state index in [1.54, 1.807) is 36.4 Å². The number of amides is 2. The zero-order valence-electron chi connectivity index (χ0n) is 15.8. The van der Waals surface area contributed by atoms with Gasteiger partial charge in [0.15, 0.2) is 0 Å². The lowest BCUT2D eigenvalue weighted by atomic mass is 10.1. The molecule has 2 aromatic rings. The Morgan fingerprint density at radius 2 is 1.57 bits per heavy atom. The van der Waals surface area contributed by atoms with Crippen molar-refractivity contribution in [3.8, 4) is 0 Å². The number of rotatable bonds is 8. The summed E-state index contributed by atoms with van der Waals surface area (Å²) in [6.45, 7) is 4.32. The first-order chi connectivity index (χ1) is 13.4. The van der Waals surface area contributed by atoms with Crippen LogP contribution < -0.4 is 5.32 Å². The van der Waals surface area contributed by atoms with Crippen molar-refractivity contribution < 1.29 is 9.59 Å². The van der Waals surface area contributed by atoms with E-state index in [1.165, 1.54) is 4.90 Å². The van der Waals surface area contributed by atoms with E-state index in [1.807, 2.05) is 19.9 Å². The lowest BCUT2D eigenvalue weighted by molar-refractivity contribution is -0.140. The van der Waals surface area contributed by atoms with E-state index in [0.717, 1.165) is 0 Å².